The molecule has 0 aromatic heterocycles. The lowest BCUT2D eigenvalue weighted by Gasteiger charge is -2.30. The van der Waals surface area contributed by atoms with Gasteiger partial charge in [-0.1, -0.05) is 13.3 Å². The smallest absolute Gasteiger partial charge is 0.411 e. The van der Waals surface area contributed by atoms with Gasteiger partial charge >= 0.3 is 12.1 Å². The fourth-order valence-electron chi connectivity index (χ4n) is 1.49. The van der Waals surface area contributed by atoms with Crippen LogP contribution < -0.4 is 0 Å². The predicted octanol–water partition coefficient (Wildman–Crippen LogP) is 1.47. The van der Waals surface area contributed by atoms with E-state index in [-0.39, 0.29) is 13.2 Å². The predicted molar refractivity (Wildman–Crippen MR) is 66.4 cm³/mol. The Hall–Kier alpha value is -1.30. The molecule has 0 saturated carbocycles. The molecule has 0 heterocycles. The molecule has 0 saturated heterocycles. The van der Waals surface area contributed by atoms with E-state index < -0.39 is 23.7 Å². The van der Waals surface area contributed by atoms with Gasteiger partial charge in [0.1, 0.15) is 11.6 Å². The third kappa shape index (κ3) is 5.86. The first-order valence-electron chi connectivity index (χ1n) is 6.06. The van der Waals surface area contributed by atoms with Crippen LogP contribution >= 0.6 is 0 Å². The number of carbonyl (C=O) groups is 2. The summed E-state index contributed by atoms with van der Waals surface area (Å²) in [5, 5.41) is 18.1. The number of aliphatic hydroxyl groups excluding tert-OH is 1. The van der Waals surface area contributed by atoms with Crippen LogP contribution in [0.4, 0.5) is 4.79 Å². The van der Waals surface area contributed by atoms with E-state index in [9.17, 15) is 9.59 Å². The highest BCUT2D eigenvalue weighted by atomic mass is 16.6. The van der Waals surface area contributed by atoms with Crippen molar-refractivity contribution in [2.45, 2.75) is 52.2 Å². The van der Waals surface area contributed by atoms with Crippen LogP contribution in [0.2, 0.25) is 0 Å². The summed E-state index contributed by atoms with van der Waals surface area (Å²) in [6.07, 6.45) is 0.244. The zero-order chi connectivity index (χ0) is 14.3. The van der Waals surface area contributed by atoms with Crippen molar-refractivity contribution in [3.05, 3.63) is 0 Å². The SMILES string of the molecule is CCC[C@@H](C(=O)O)N(CCO)C(=O)OC(C)(C)C. The van der Waals surface area contributed by atoms with Crippen LogP contribution in [-0.2, 0) is 9.53 Å². The van der Waals surface area contributed by atoms with Crippen molar-refractivity contribution in [2.75, 3.05) is 13.2 Å². The van der Waals surface area contributed by atoms with Crippen LogP contribution in [0.3, 0.4) is 0 Å². The van der Waals surface area contributed by atoms with Gasteiger partial charge < -0.3 is 14.9 Å². The lowest BCUT2D eigenvalue weighted by atomic mass is 10.1. The summed E-state index contributed by atoms with van der Waals surface area (Å²) in [6, 6.07) is -0.961. The number of carboxylic acids is 1. The maximum atomic E-state index is 11.9. The minimum Gasteiger partial charge on any atom is -0.480 e. The molecule has 0 spiro atoms. The Labute approximate surface area is 108 Å². The summed E-state index contributed by atoms with van der Waals surface area (Å²) < 4.78 is 5.14. The summed E-state index contributed by atoms with van der Waals surface area (Å²) in [4.78, 5) is 24.1. The van der Waals surface area contributed by atoms with Crippen molar-refractivity contribution in [1.82, 2.24) is 4.90 Å². The van der Waals surface area contributed by atoms with E-state index in [0.717, 1.165) is 4.90 Å². The van der Waals surface area contributed by atoms with Crippen LogP contribution in [0, 0.1) is 0 Å². The summed E-state index contributed by atoms with van der Waals surface area (Å²) >= 11 is 0. The van der Waals surface area contributed by atoms with Gasteiger partial charge in [0.2, 0.25) is 0 Å². The Morgan fingerprint density at radius 3 is 2.22 bits per heavy atom. The molecule has 2 N–H and O–H groups in total. The topological polar surface area (TPSA) is 87.1 Å². The van der Waals surface area contributed by atoms with Gasteiger partial charge in [-0.25, -0.2) is 9.59 Å². The summed E-state index contributed by atoms with van der Waals surface area (Å²) in [5.74, 6) is -1.09. The largest absolute Gasteiger partial charge is 0.480 e. The highest BCUT2D eigenvalue weighted by molar-refractivity contribution is 5.80. The Balaban J connectivity index is 4.90. The number of amides is 1. The molecule has 0 aromatic carbocycles. The molecule has 0 rings (SSSR count). The van der Waals surface area contributed by atoms with Gasteiger partial charge in [0.05, 0.1) is 6.61 Å². The highest BCUT2D eigenvalue weighted by Gasteiger charge is 2.31. The molecule has 106 valence electrons. The van der Waals surface area contributed by atoms with Crippen molar-refractivity contribution >= 4 is 12.1 Å². The second-order valence-electron chi connectivity index (χ2n) is 5.04. The molecule has 6 nitrogen and oxygen atoms in total. The number of hydrogen-bond donors (Lipinski definition) is 2. The number of carbonyl (C=O) groups excluding carboxylic acids is 1. The second kappa shape index (κ2) is 7.20. The molecule has 0 aliphatic heterocycles. The zero-order valence-electron chi connectivity index (χ0n) is 11.5. The van der Waals surface area contributed by atoms with Gasteiger partial charge in [-0.3, -0.25) is 4.90 Å². The summed E-state index contributed by atoms with van der Waals surface area (Å²) in [7, 11) is 0. The fourth-order valence-corrected chi connectivity index (χ4v) is 1.49. The minimum absolute atomic E-state index is 0.0497. The monoisotopic (exact) mass is 261 g/mol. The zero-order valence-corrected chi connectivity index (χ0v) is 11.5. The van der Waals surface area contributed by atoms with E-state index in [1.807, 2.05) is 6.92 Å². The van der Waals surface area contributed by atoms with E-state index in [1.54, 1.807) is 20.8 Å². The number of rotatable bonds is 6. The van der Waals surface area contributed by atoms with E-state index in [1.165, 1.54) is 0 Å². The number of carboxylic acid groups (broad SMARTS) is 1. The van der Waals surface area contributed by atoms with E-state index in [0.29, 0.717) is 12.8 Å². The molecular weight excluding hydrogens is 238 g/mol. The average Bonchev–Trinajstić information content (AvgIpc) is 2.20. The number of hydrogen-bond acceptors (Lipinski definition) is 4. The Morgan fingerprint density at radius 2 is 1.89 bits per heavy atom. The van der Waals surface area contributed by atoms with Crippen LogP contribution in [0.5, 0.6) is 0 Å². The quantitative estimate of drug-likeness (QED) is 0.756. The maximum Gasteiger partial charge on any atom is 0.411 e. The average molecular weight is 261 g/mol. The molecule has 0 aliphatic rings. The normalized spacial score (nSPS) is 12.9. The second-order valence-corrected chi connectivity index (χ2v) is 5.04. The molecule has 1 atom stereocenters. The lowest BCUT2D eigenvalue weighted by molar-refractivity contribution is -0.143. The third-order valence-electron chi connectivity index (χ3n) is 2.19. The van der Waals surface area contributed by atoms with Crippen molar-refractivity contribution in [1.29, 1.82) is 0 Å². The van der Waals surface area contributed by atoms with Crippen LogP contribution in [0.1, 0.15) is 40.5 Å². The summed E-state index contributed by atoms with van der Waals surface area (Å²) in [5.41, 5.74) is -0.694. The first-order chi connectivity index (χ1) is 8.22. The molecule has 0 fully saturated rings. The number of aliphatic carboxylic acids is 1. The lowest BCUT2D eigenvalue weighted by Crippen LogP contribution is -2.48. The van der Waals surface area contributed by atoms with Crippen molar-refractivity contribution in [3.8, 4) is 0 Å². The first-order valence-corrected chi connectivity index (χ1v) is 6.06. The standard InChI is InChI=1S/C12H23NO5/c1-5-6-9(10(15)16)13(7-8-14)11(17)18-12(2,3)4/h9,14H,5-8H2,1-4H3,(H,15,16)/t9-/m0/s1. The molecule has 0 aromatic rings. The Bertz CT molecular complexity index is 285. The fraction of sp³-hybridized carbons (Fsp3) is 0.833. The molecule has 1 amide bonds. The van der Waals surface area contributed by atoms with Crippen molar-refractivity contribution in [3.63, 3.8) is 0 Å². The van der Waals surface area contributed by atoms with Crippen LogP contribution in [0.15, 0.2) is 0 Å². The third-order valence-corrected chi connectivity index (χ3v) is 2.19. The molecular formula is C12H23NO5. The van der Waals surface area contributed by atoms with Crippen molar-refractivity contribution < 1.29 is 24.5 Å². The van der Waals surface area contributed by atoms with Gasteiger partial charge in [-0.2, -0.15) is 0 Å². The number of aliphatic hydroxyl groups is 1. The number of ether oxygens (including phenoxy) is 1. The van der Waals surface area contributed by atoms with Crippen molar-refractivity contribution in [2.24, 2.45) is 0 Å². The van der Waals surface area contributed by atoms with E-state index >= 15 is 0 Å². The van der Waals surface area contributed by atoms with Gasteiger partial charge in [-0.05, 0) is 27.2 Å². The Morgan fingerprint density at radius 1 is 1.33 bits per heavy atom. The van der Waals surface area contributed by atoms with E-state index in [2.05, 4.69) is 0 Å². The first kappa shape index (κ1) is 16.7. The number of nitrogens with zero attached hydrogens (tertiary/aromatic N) is 1. The van der Waals surface area contributed by atoms with Crippen LogP contribution in [-0.4, -0.2) is 52.0 Å². The van der Waals surface area contributed by atoms with Crippen LogP contribution in [0.25, 0.3) is 0 Å². The van der Waals surface area contributed by atoms with Gasteiger partial charge in [0, 0.05) is 6.54 Å². The Kier molecular flexibility index (Phi) is 6.68. The van der Waals surface area contributed by atoms with Gasteiger partial charge in [0.15, 0.2) is 0 Å². The molecule has 0 aliphatic carbocycles. The molecule has 0 radical (unpaired) electrons. The highest BCUT2D eigenvalue weighted by Crippen LogP contribution is 2.14. The van der Waals surface area contributed by atoms with Gasteiger partial charge in [0.25, 0.3) is 0 Å². The molecule has 6 heteroatoms. The van der Waals surface area contributed by atoms with E-state index in [4.69, 9.17) is 14.9 Å². The van der Waals surface area contributed by atoms with Gasteiger partial charge in [-0.15, -0.1) is 0 Å². The minimum atomic E-state index is -1.09. The molecule has 18 heavy (non-hydrogen) atoms. The maximum absolute atomic E-state index is 11.9. The summed E-state index contributed by atoms with van der Waals surface area (Å²) in [6.45, 7) is 6.60. The molecule has 0 unspecified atom stereocenters. The molecule has 0 bridgehead atoms.